The van der Waals surface area contributed by atoms with Gasteiger partial charge < -0.3 is 4.74 Å². The number of carbonyl (C=O) groups excluding carboxylic acids is 2. The molecule has 116 valence electrons. The Morgan fingerprint density at radius 1 is 0.696 bits per heavy atom. The smallest absolute Gasteiger partial charge is 0.294 e. The fourth-order valence-electron chi connectivity index (χ4n) is 1.83. The molecule has 0 fully saturated rings. The summed E-state index contributed by atoms with van der Waals surface area (Å²) in [7, 11) is 0.0866. The molecule has 23 heavy (non-hydrogen) atoms. The standard InChI is InChI=1S/C14H8B2Br4O3/c17-9-3-1-7(5-11(9)19)15-13(21)23-14(22)16-8-2-4-10(18)12(20)6-8/h1-6,15-16H. The van der Waals surface area contributed by atoms with Crippen molar-refractivity contribution < 1.29 is 14.3 Å². The summed E-state index contributed by atoms with van der Waals surface area (Å²) in [4.78, 5) is 23.7. The quantitative estimate of drug-likeness (QED) is 0.419. The van der Waals surface area contributed by atoms with Crippen LogP contribution in [0.1, 0.15) is 0 Å². The molecule has 0 aromatic heterocycles. The first-order valence-electron chi connectivity index (χ1n) is 6.46. The minimum Gasteiger partial charge on any atom is -0.410 e. The summed E-state index contributed by atoms with van der Waals surface area (Å²) < 4.78 is 8.34. The van der Waals surface area contributed by atoms with Crippen LogP contribution in [0.3, 0.4) is 0 Å². The molecular formula is C14H8B2Br4O3. The first-order valence-corrected chi connectivity index (χ1v) is 9.63. The van der Waals surface area contributed by atoms with Gasteiger partial charge in [0.15, 0.2) is 0 Å². The second kappa shape index (κ2) is 8.65. The highest BCUT2D eigenvalue weighted by molar-refractivity contribution is 9.13. The highest BCUT2D eigenvalue weighted by Gasteiger charge is 2.16. The van der Waals surface area contributed by atoms with E-state index >= 15 is 0 Å². The van der Waals surface area contributed by atoms with E-state index in [4.69, 9.17) is 4.74 Å². The van der Waals surface area contributed by atoms with Gasteiger partial charge in [-0.25, -0.2) is 0 Å². The van der Waals surface area contributed by atoms with Crippen molar-refractivity contribution >= 4 is 101 Å². The number of hydrogen-bond acceptors (Lipinski definition) is 3. The lowest BCUT2D eigenvalue weighted by atomic mass is 9.69. The van der Waals surface area contributed by atoms with E-state index in [0.29, 0.717) is 0 Å². The predicted molar refractivity (Wildman–Crippen MR) is 109 cm³/mol. The minimum atomic E-state index is -0.569. The first kappa shape index (κ1) is 19.0. The largest absolute Gasteiger partial charge is 0.410 e. The van der Waals surface area contributed by atoms with Crippen LogP contribution in [0.5, 0.6) is 0 Å². The van der Waals surface area contributed by atoms with Crippen molar-refractivity contribution in [1.82, 2.24) is 0 Å². The molecule has 3 nitrogen and oxygen atoms in total. The average Bonchev–Trinajstić information content (AvgIpc) is 2.46. The minimum absolute atomic E-state index is 0.0433. The van der Waals surface area contributed by atoms with Crippen molar-refractivity contribution in [2.45, 2.75) is 0 Å². The zero-order valence-corrected chi connectivity index (χ0v) is 18.0. The van der Waals surface area contributed by atoms with Crippen LogP contribution in [-0.2, 0) is 4.74 Å². The van der Waals surface area contributed by atoms with Crippen LogP contribution in [0, 0.1) is 0 Å². The van der Waals surface area contributed by atoms with Gasteiger partial charge in [-0.3, -0.25) is 9.59 Å². The van der Waals surface area contributed by atoms with Gasteiger partial charge >= 0.3 is 0 Å². The molecule has 0 aliphatic heterocycles. The van der Waals surface area contributed by atoms with Crippen LogP contribution in [0.25, 0.3) is 0 Å². The molecule has 0 N–H and O–H groups in total. The van der Waals surface area contributed by atoms with E-state index in [9.17, 15) is 9.59 Å². The van der Waals surface area contributed by atoms with E-state index < -0.39 is 11.7 Å². The van der Waals surface area contributed by atoms with Gasteiger partial charge in [0, 0.05) is 17.9 Å². The molecule has 2 aromatic rings. The molecule has 0 heterocycles. The monoisotopic (exact) mass is 562 g/mol. The zero-order chi connectivity index (χ0) is 17.0. The van der Waals surface area contributed by atoms with Crippen LogP contribution in [0.4, 0.5) is 9.59 Å². The van der Waals surface area contributed by atoms with E-state index in [0.717, 1.165) is 28.8 Å². The molecule has 0 radical (unpaired) electrons. The van der Waals surface area contributed by atoms with Gasteiger partial charge in [0.1, 0.15) is 0 Å². The Kier molecular flexibility index (Phi) is 7.13. The summed E-state index contributed by atoms with van der Waals surface area (Å²) in [5, 5.41) is 0. The maximum absolute atomic E-state index is 11.8. The molecule has 0 aliphatic carbocycles. The van der Waals surface area contributed by atoms with Crippen molar-refractivity contribution in [1.29, 1.82) is 0 Å². The summed E-state index contributed by atoms with van der Waals surface area (Å²) in [6.45, 7) is 0. The van der Waals surface area contributed by atoms with Gasteiger partial charge in [-0.2, -0.15) is 0 Å². The van der Waals surface area contributed by atoms with Crippen molar-refractivity contribution in [3.05, 3.63) is 54.3 Å². The van der Waals surface area contributed by atoms with Gasteiger partial charge in [0.05, 0.1) is 0 Å². The molecule has 0 bridgehead atoms. The SMILES string of the molecule is O=C(Bc1ccc(Br)c(Br)c1)OC(=O)Bc1ccc(Br)c(Br)c1. The highest BCUT2D eigenvalue weighted by atomic mass is 79.9. The summed E-state index contributed by atoms with van der Waals surface area (Å²) in [5.74, 6) is -1.14. The van der Waals surface area contributed by atoms with Crippen molar-refractivity contribution in [2.75, 3.05) is 0 Å². The molecule has 2 aromatic carbocycles. The van der Waals surface area contributed by atoms with Crippen LogP contribution in [0.15, 0.2) is 54.3 Å². The Morgan fingerprint density at radius 2 is 1.09 bits per heavy atom. The molecular weight excluding hydrogens is 557 g/mol. The molecule has 0 spiro atoms. The zero-order valence-electron chi connectivity index (χ0n) is 11.6. The Labute approximate surface area is 168 Å². The normalized spacial score (nSPS) is 10.1. The van der Waals surface area contributed by atoms with Crippen LogP contribution in [-0.4, -0.2) is 26.3 Å². The van der Waals surface area contributed by atoms with Gasteiger partial charge in [0.25, 0.3) is 26.3 Å². The molecule has 0 saturated heterocycles. The molecule has 0 atom stereocenters. The lowest BCUT2D eigenvalue weighted by Crippen LogP contribution is -2.31. The van der Waals surface area contributed by atoms with E-state index in [2.05, 4.69) is 63.7 Å². The molecule has 9 heteroatoms. The Morgan fingerprint density at radius 3 is 1.43 bits per heavy atom. The van der Waals surface area contributed by atoms with Crippen molar-refractivity contribution in [2.24, 2.45) is 0 Å². The second-order valence-electron chi connectivity index (χ2n) is 4.70. The number of carbonyl (C=O) groups is 2. The van der Waals surface area contributed by atoms with E-state index in [-0.39, 0.29) is 14.6 Å². The Balaban J connectivity index is 1.92. The number of ether oxygens (including phenoxy) is 1. The lowest BCUT2D eigenvalue weighted by Gasteiger charge is -2.04. The molecule has 0 aliphatic rings. The second-order valence-corrected chi connectivity index (χ2v) is 8.11. The number of benzene rings is 2. The van der Waals surface area contributed by atoms with Gasteiger partial charge in [-0.15, -0.1) is 0 Å². The van der Waals surface area contributed by atoms with Gasteiger partial charge in [-0.05, 0) is 75.9 Å². The number of rotatable bonds is 4. The average molecular weight is 565 g/mol. The summed E-state index contributed by atoms with van der Waals surface area (Å²) in [5.41, 5.74) is 1.54. The van der Waals surface area contributed by atoms with Gasteiger partial charge in [-0.1, -0.05) is 35.2 Å². The fraction of sp³-hybridized carbons (Fsp3) is 0. The van der Waals surface area contributed by atoms with E-state index in [1.165, 1.54) is 0 Å². The topological polar surface area (TPSA) is 43.4 Å². The fourth-order valence-corrected chi connectivity index (χ4v) is 3.18. The summed E-state index contributed by atoms with van der Waals surface area (Å²) in [6.07, 6.45) is 0. The lowest BCUT2D eigenvalue weighted by molar-refractivity contribution is 0.184. The third kappa shape index (κ3) is 5.89. The maximum Gasteiger partial charge on any atom is 0.294 e. The van der Waals surface area contributed by atoms with Gasteiger partial charge in [0.2, 0.25) is 0 Å². The van der Waals surface area contributed by atoms with Crippen LogP contribution >= 0.6 is 63.7 Å². The van der Waals surface area contributed by atoms with Crippen molar-refractivity contribution in [3.8, 4) is 0 Å². The summed E-state index contributed by atoms with van der Waals surface area (Å²) >= 11 is 13.5. The maximum atomic E-state index is 11.8. The number of halogens is 4. The predicted octanol–water partition coefficient (Wildman–Crippen LogP) is 3.82. The third-order valence-electron chi connectivity index (χ3n) is 2.89. The molecule has 0 amide bonds. The first-order chi connectivity index (χ1) is 10.8. The highest BCUT2D eigenvalue weighted by Crippen LogP contribution is 2.21. The number of hydrogen-bond donors (Lipinski definition) is 0. The van der Waals surface area contributed by atoms with E-state index in [1.807, 2.05) is 24.3 Å². The van der Waals surface area contributed by atoms with Crippen LogP contribution < -0.4 is 10.9 Å². The Hall–Kier alpha value is -0.370. The molecule has 2 rings (SSSR count). The van der Waals surface area contributed by atoms with E-state index in [1.54, 1.807) is 12.1 Å². The Bertz CT molecular complexity index is 704. The molecule has 0 saturated carbocycles. The molecule has 0 unspecified atom stereocenters. The van der Waals surface area contributed by atoms with Crippen LogP contribution in [0.2, 0.25) is 0 Å². The third-order valence-corrected chi connectivity index (χ3v) is 6.65. The summed E-state index contributed by atoms with van der Waals surface area (Å²) in [6, 6.07) is 10.9. The van der Waals surface area contributed by atoms with Crippen molar-refractivity contribution in [3.63, 3.8) is 0 Å².